The topological polar surface area (TPSA) is 38.3 Å². The number of nitrogens with one attached hydrogen (secondary N) is 1. The third-order valence-electron chi connectivity index (χ3n) is 2.23. The Hall–Kier alpha value is -1.39. The van der Waals surface area contributed by atoms with Crippen LogP contribution in [0.5, 0.6) is 0 Å². The molecule has 1 N–H and O–H groups in total. The van der Waals surface area contributed by atoms with Gasteiger partial charge in [0.15, 0.2) is 0 Å². The van der Waals surface area contributed by atoms with Crippen molar-refractivity contribution in [1.29, 1.82) is 0 Å². The van der Waals surface area contributed by atoms with E-state index in [0.29, 0.717) is 13.2 Å². The molecule has 0 unspecified atom stereocenters. The number of benzene rings is 1. The number of carbonyl (C=O) groups is 1. The molecule has 98 valence electrons. The number of ether oxygens (including phenoxy) is 1. The molecule has 1 aromatic carbocycles. The van der Waals surface area contributed by atoms with Gasteiger partial charge in [-0.3, -0.25) is 4.79 Å². The number of hydrogen-bond donors (Lipinski definition) is 1. The first-order valence-electron chi connectivity index (χ1n) is 5.54. The Kier molecular flexibility index (Phi) is 6.39. The Morgan fingerprint density at radius 3 is 3.00 bits per heavy atom. The second-order valence-electron chi connectivity index (χ2n) is 3.61. The molecular formula is C13H15ClFNO2. The van der Waals surface area contributed by atoms with E-state index in [0.717, 1.165) is 6.42 Å². The molecule has 1 amide bonds. The normalized spacial score (nSPS) is 10.8. The SMILES string of the molecule is COCCCNC(=O)C=Cc1c(F)cccc1Cl. The highest BCUT2D eigenvalue weighted by atomic mass is 35.5. The van der Waals surface area contributed by atoms with E-state index in [9.17, 15) is 9.18 Å². The Bertz CT molecular complexity index is 415. The van der Waals surface area contributed by atoms with E-state index in [1.54, 1.807) is 13.2 Å². The highest BCUT2D eigenvalue weighted by Crippen LogP contribution is 2.20. The molecule has 0 fully saturated rings. The summed E-state index contributed by atoms with van der Waals surface area (Å²) in [5, 5.41) is 2.93. The maximum absolute atomic E-state index is 13.4. The van der Waals surface area contributed by atoms with Crippen molar-refractivity contribution in [3.63, 3.8) is 0 Å². The molecule has 18 heavy (non-hydrogen) atoms. The van der Waals surface area contributed by atoms with Crippen molar-refractivity contribution in [1.82, 2.24) is 5.32 Å². The first kappa shape index (κ1) is 14.7. The van der Waals surface area contributed by atoms with Gasteiger partial charge in [0.2, 0.25) is 5.91 Å². The third-order valence-corrected chi connectivity index (χ3v) is 2.56. The number of rotatable bonds is 6. The third kappa shape index (κ3) is 4.85. The Morgan fingerprint density at radius 1 is 1.56 bits per heavy atom. The fourth-order valence-electron chi connectivity index (χ4n) is 1.32. The minimum Gasteiger partial charge on any atom is -0.385 e. The zero-order chi connectivity index (χ0) is 13.4. The van der Waals surface area contributed by atoms with E-state index in [1.165, 1.54) is 24.3 Å². The molecule has 0 saturated heterocycles. The van der Waals surface area contributed by atoms with E-state index < -0.39 is 5.82 Å². The van der Waals surface area contributed by atoms with Gasteiger partial charge in [0.1, 0.15) is 5.82 Å². The van der Waals surface area contributed by atoms with Crippen LogP contribution in [0.4, 0.5) is 4.39 Å². The molecular weight excluding hydrogens is 257 g/mol. The largest absolute Gasteiger partial charge is 0.385 e. The van der Waals surface area contributed by atoms with Gasteiger partial charge >= 0.3 is 0 Å². The van der Waals surface area contributed by atoms with Gasteiger partial charge in [0, 0.05) is 31.9 Å². The average molecular weight is 272 g/mol. The fourth-order valence-corrected chi connectivity index (χ4v) is 1.54. The van der Waals surface area contributed by atoms with Gasteiger partial charge in [0.25, 0.3) is 0 Å². The van der Waals surface area contributed by atoms with Crippen LogP contribution in [-0.2, 0) is 9.53 Å². The molecule has 0 aromatic heterocycles. The monoisotopic (exact) mass is 271 g/mol. The van der Waals surface area contributed by atoms with Crippen LogP contribution in [0.15, 0.2) is 24.3 Å². The van der Waals surface area contributed by atoms with E-state index in [2.05, 4.69) is 5.32 Å². The Balaban J connectivity index is 2.51. The minimum atomic E-state index is -0.453. The van der Waals surface area contributed by atoms with E-state index >= 15 is 0 Å². The standard InChI is InChI=1S/C13H15ClFNO2/c1-18-9-3-8-16-13(17)7-6-10-11(14)4-2-5-12(10)15/h2,4-7H,3,8-9H2,1H3,(H,16,17). The van der Waals surface area contributed by atoms with Crippen LogP contribution < -0.4 is 5.32 Å². The van der Waals surface area contributed by atoms with Gasteiger partial charge in [0.05, 0.1) is 5.02 Å². The second-order valence-corrected chi connectivity index (χ2v) is 4.01. The Morgan fingerprint density at radius 2 is 2.33 bits per heavy atom. The van der Waals surface area contributed by atoms with Crippen LogP contribution in [0.1, 0.15) is 12.0 Å². The molecule has 5 heteroatoms. The number of methoxy groups -OCH3 is 1. The van der Waals surface area contributed by atoms with Gasteiger partial charge in [-0.05, 0) is 24.6 Å². The van der Waals surface area contributed by atoms with Crippen molar-refractivity contribution in [2.45, 2.75) is 6.42 Å². The summed E-state index contributed by atoms with van der Waals surface area (Å²) in [7, 11) is 1.60. The summed E-state index contributed by atoms with van der Waals surface area (Å²) in [4.78, 5) is 11.4. The summed E-state index contributed by atoms with van der Waals surface area (Å²) in [6.07, 6.45) is 3.36. The molecule has 0 heterocycles. The molecule has 1 rings (SSSR count). The second kappa shape index (κ2) is 7.84. The Labute approximate surface area is 111 Å². The van der Waals surface area contributed by atoms with Crippen LogP contribution in [-0.4, -0.2) is 26.2 Å². The van der Waals surface area contributed by atoms with Crippen molar-refractivity contribution >= 4 is 23.6 Å². The highest BCUT2D eigenvalue weighted by molar-refractivity contribution is 6.32. The van der Waals surface area contributed by atoms with E-state index in [-0.39, 0.29) is 16.5 Å². The summed E-state index contributed by atoms with van der Waals surface area (Å²) in [6, 6.07) is 4.38. The molecule has 0 aliphatic rings. The van der Waals surface area contributed by atoms with Crippen molar-refractivity contribution in [2.24, 2.45) is 0 Å². The maximum atomic E-state index is 13.4. The highest BCUT2D eigenvalue weighted by Gasteiger charge is 2.03. The van der Waals surface area contributed by atoms with Crippen LogP contribution in [0.25, 0.3) is 6.08 Å². The lowest BCUT2D eigenvalue weighted by atomic mass is 10.2. The van der Waals surface area contributed by atoms with Crippen molar-refractivity contribution in [3.8, 4) is 0 Å². The molecule has 0 radical (unpaired) electrons. The number of carbonyl (C=O) groups excluding carboxylic acids is 1. The fraction of sp³-hybridized carbons (Fsp3) is 0.308. The zero-order valence-electron chi connectivity index (χ0n) is 10.1. The molecule has 0 aliphatic heterocycles. The summed E-state index contributed by atoms with van der Waals surface area (Å²) >= 11 is 5.82. The smallest absolute Gasteiger partial charge is 0.244 e. The van der Waals surface area contributed by atoms with Crippen molar-refractivity contribution < 1.29 is 13.9 Å². The zero-order valence-corrected chi connectivity index (χ0v) is 10.8. The predicted octanol–water partition coefficient (Wildman–Crippen LogP) is 2.65. The van der Waals surface area contributed by atoms with Crippen molar-refractivity contribution in [2.75, 3.05) is 20.3 Å². The van der Waals surface area contributed by atoms with Gasteiger partial charge in [-0.1, -0.05) is 17.7 Å². The molecule has 0 bridgehead atoms. The van der Waals surface area contributed by atoms with Crippen LogP contribution in [0.3, 0.4) is 0 Å². The van der Waals surface area contributed by atoms with Gasteiger partial charge in [-0.15, -0.1) is 0 Å². The summed E-state index contributed by atoms with van der Waals surface area (Å²) in [5.41, 5.74) is 0.214. The van der Waals surface area contributed by atoms with Gasteiger partial charge < -0.3 is 10.1 Å². The molecule has 0 saturated carbocycles. The number of hydrogen-bond acceptors (Lipinski definition) is 2. The molecule has 0 aliphatic carbocycles. The first-order chi connectivity index (χ1) is 8.65. The van der Waals surface area contributed by atoms with Crippen LogP contribution in [0.2, 0.25) is 5.02 Å². The number of amides is 1. The summed E-state index contributed by atoms with van der Waals surface area (Å²) < 4.78 is 18.2. The number of halogens is 2. The minimum absolute atomic E-state index is 0.214. The quantitative estimate of drug-likeness (QED) is 0.638. The predicted molar refractivity (Wildman–Crippen MR) is 69.9 cm³/mol. The average Bonchev–Trinajstić information content (AvgIpc) is 2.34. The lowest BCUT2D eigenvalue weighted by Crippen LogP contribution is -2.22. The van der Waals surface area contributed by atoms with Crippen molar-refractivity contribution in [3.05, 3.63) is 40.7 Å². The lowest BCUT2D eigenvalue weighted by Gasteiger charge is -2.02. The maximum Gasteiger partial charge on any atom is 0.244 e. The van der Waals surface area contributed by atoms with E-state index in [1.807, 2.05) is 0 Å². The van der Waals surface area contributed by atoms with Gasteiger partial charge in [-0.25, -0.2) is 4.39 Å². The summed E-state index contributed by atoms with van der Waals surface area (Å²) in [5.74, 6) is -0.739. The molecule has 3 nitrogen and oxygen atoms in total. The molecule has 1 aromatic rings. The van der Waals surface area contributed by atoms with E-state index in [4.69, 9.17) is 16.3 Å². The molecule has 0 atom stereocenters. The van der Waals surface area contributed by atoms with Crippen LogP contribution in [0, 0.1) is 5.82 Å². The lowest BCUT2D eigenvalue weighted by molar-refractivity contribution is -0.116. The van der Waals surface area contributed by atoms with Gasteiger partial charge in [-0.2, -0.15) is 0 Å². The first-order valence-corrected chi connectivity index (χ1v) is 5.92. The summed E-state index contributed by atoms with van der Waals surface area (Å²) in [6.45, 7) is 1.10. The molecule has 0 spiro atoms. The van der Waals surface area contributed by atoms with Crippen LogP contribution >= 0.6 is 11.6 Å².